The van der Waals surface area contributed by atoms with E-state index >= 15 is 0 Å². The molecule has 1 aromatic carbocycles. The molecule has 7 heteroatoms. The van der Waals surface area contributed by atoms with Crippen LogP contribution in [0, 0.1) is 12.3 Å². The number of Topliss-reactive ketones (excluding diaryl/α,β-unsaturated/α-hetero) is 1. The fourth-order valence-electron chi connectivity index (χ4n) is 3.16. The number of aliphatic hydroxyl groups is 1. The van der Waals surface area contributed by atoms with Crippen molar-refractivity contribution in [2.75, 3.05) is 0 Å². The molecule has 26 heavy (non-hydrogen) atoms. The lowest BCUT2D eigenvalue weighted by molar-refractivity contribution is -0.118. The summed E-state index contributed by atoms with van der Waals surface area (Å²) < 4.78 is 3.18. The van der Waals surface area contributed by atoms with Crippen LogP contribution >= 0.6 is 0 Å². The summed E-state index contributed by atoms with van der Waals surface area (Å²) in [7, 11) is 1.76. The molecule has 3 rings (SSSR count). The summed E-state index contributed by atoms with van der Waals surface area (Å²) in [5.41, 5.74) is 0.785. The van der Waals surface area contributed by atoms with Gasteiger partial charge in [0.05, 0.1) is 11.4 Å². The largest absolute Gasteiger partial charge is 0.510 e. The Morgan fingerprint density at radius 2 is 1.73 bits per heavy atom. The molecule has 7 nitrogen and oxygen atoms in total. The molecule has 0 spiro atoms. The Bertz CT molecular complexity index is 978. The van der Waals surface area contributed by atoms with E-state index in [0.717, 1.165) is 0 Å². The van der Waals surface area contributed by atoms with E-state index < -0.39 is 0 Å². The Hall–Kier alpha value is -2.96. The number of para-hydroxylation sites is 1. The number of hydrogen-bond donors (Lipinski definition) is 1. The van der Waals surface area contributed by atoms with E-state index in [0.29, 0.717) is 17.8 Å². The number of hydrogen-bond acceptors (Lipinski definition) is 5. The molecule has 1 N–H and O–H groups in total. The van der Waals surface area contributed by atoms with E-state index in [-0.39, 0.29) is 40.3 Å². The Kier molecular flexibility index (Phi) is 4.39. The second kappa shape index (κ2) is 6.40. The number of allylic oxidation sites excluding steroid dienone is 2. The number of carbonyl (C=O) groups excluding carboxylic acids is 1. The number of aromatic nitrogens is 2. The highest BCUT2D eigenvalue weighted by molar-refractivity contribution is 5.96. The number of rotatable bonds is 3. The molecule has 1 aliphatic carbocycles. The fourth-order valence-corrected chi connectivity index (χ4v) is 3.16. The van der Waals surface area contributed by atoms with Crippen molar-refractivity contribution in [1.29, 1.82) is 0 Å². The lowest BCUT2D eigenvalue weighted by atomic mass is 9.78. The summed E-state index contributed by atoms with van der Waals surface area (Å²) in [6.45, 7) is 5.58. The van der Waals surface area contributed by atoms with E-state index in [1.807, 2.05) is 44.2 Å². The van der Waals surface area contributed by atoms with Gasteiger partial charge in [0, 0.05) is 19.9 Å². The van der Waals surface area contributed by atoms with Crippen molar-refractivity contribution in [3.63, 3.8) is 0 Å². The molecule has 2 aromatic rings. The van der Waals surface area contributed by atoms with Crippen LogP contribution in [0.3, 0.4) is 0 Å². The van der Waals surface area contributed by atoms with Crippen LogP contribution in [0.4, 0.5) is 5.69 Å². The maximum atomic E-state index is 12.8. The van der Waals surface area contributed by atoms with E-state index in [4.69, 9.17) is 0 Å². The van der Waals surface area contributed by atoms with Gasteiger partial charge < -0.3 is 5.11 Å². The summed E-state index contributed by atoms with van der Waals surface area (Å²) in [4.78, 5) is 25.0. The van der Waals surface area contributed by atoms with Gasteiger partial charge in [0.1, 0.15) is 5.76 Å². The fraction of sp³-hybridized carbons (Fsp3) is 0.368. The lowest BCUT2D eigenvalue weighted by Gasteiger charge is -2.27. The van der Waals surface area contributed by atoms with Gasteiger partial charge in [-0.1, -0.05) is 32.0 Å². The van der Waals surface area contributed by atoms with Gasteiger partial charge in [-0.15, -0.1) is 10.2 Å². The first kappa shape index (κ1) is 17.8. The van der Waals surface area contributed by atoms with Gasteiger partial charge in [-0.3, -0.25) is 14.3 Å². The smallest absolute Gasteiger partial charge is 0.299 e. The number of carbonyl (C=O) groups is 1. The van der Waals surface area contributed by atoms with E-state index in [1.165, 1.54) is 4.68 Å². The van der Waals surface area contributed by atoms with E-state index in [9.17, 15) is 14.7 Å². The number of nitrogens with zero attached hydrogens (tertiary/aromatic N) is 4. The zero-order chi connectivity index (χ0) is 19.1. The number of ketones is 1. The van der Waals surface area contributed by atoms with Crippen molar-refractivity contribution < 1.29 is 9.90 Å². The molecule has 136 valence electrons. The summed E-state index contributed by atoms with van der Waals surface area (Å²) in [6.07, 6.45) is 0.641. The molecule has 0 aliphatic heterocycles. The van der Waals surface area contributed by atoms with Gasteiger partial charge in [-0.05, 0) is 24.5 Å². The second-order valence-electron chi connectivity index (χ2n) is 7.35. The van der Waals surface area contributed by atoms with Gasteiger partial charge in [-0.2, -0.15) is 0 Å². The molecular weight excluding hydrogens is 332 g/mol. The molecule has 0 fully saturated rings. The number of benzene rings is 1. The quantitative estimate of drug-likeness (QED) is 0.852. The summed E-state index contributed by atoms with van der Waals surface area (Å²) >= 11 is 0. The van der Waals surface area contributed by atoms with Gasteiger partial charge in [0.25, 0.3) is 5.56 Å². The Morgan fingerprint density at radius 1 is 1.08 bits per heavy atom. The van der Waals surface area contributed by atoms with Crippen molar-refractivity contribution in [2.45, 2.75) is 33.6 Å². The van der Waals surface area contributed by atoms with Gasteiger partial charge >= 0.3 is 0 Å². The third-order valence-corrected chi connectivity index (χ3v) is 4.60. The number of azo groups is 1. The second-order valence-corrected chi connectivity index (χ2v) is 7.35. The van der Waals surface area contributed by atoms with Gasteiger partial charge in [-0.25, -0.2) is 4.68 Å². The predicted molar refractivity (Wildman–Crippen MR) is 97.9 cm³/mol. The van der Waals surface area contributed by atoms with Crippen LogP contribution in [0.1, 0.15) is 32.4 Å². The normalized spacial score (nSPS) is 17.3. The summed E-state index contributed by atoms with van der Waals surface area (Å²) in [6, 6.07) is 9.20. The molecule has 0 unspecified atom stereocenters. The zero-order valence-electron chi connectivity index (χ0n) is 15.4. The van der Waals surface area contributed by atoms with Crippen molar-refractivity contribution in [1.82, 2.24) is 9.36 Å². The third kappa shape index (κ3) is 3.12. The Balaban J connectivity index is 2.03. The maximum absolute atomic E-state index is 12.8. The molecule has 1 aromatic heterocycles. The predicted octanol–water partition coefficient (Wildman–Crippen LogP) is 3.73. The van der Waals surface area contributed by atoms with Gasteiger partial charge in [0.15, 0.2) is 17.2 Å². The lowest BCUT2D eigenvalue weighted by Crippen LogP contribution is -2.25. The molecule has 0 atom stereocenters. The van der Waals surface area contributed by atoms with Crippen LogP contribution in [-0.2, 0) is 11.8 Å². The van der Waals surface area contributed by atoms with Crippen LogP contribution in [-0.4, -0.2) is 20.3 Å². The zero-order valence-corrected chi connectivity index (χ0v) is 15.4. The minimum atomic E-state index is -0.330. The van der Waals surface area contributed by atoms with Crippen LogP contribution in [0.15, 0.2) is 56.8 Å². The average Bonchev–Trinajstić information content (AvgIpc) is 2.77. The molecule has 1 heterocycles. The first-order valence-electron chi connectivity index (χ1n) is 8.42. The van der Waals surface area contributed by atoms with E-state index in [1.54, 1.807) is 18.7 Å². The summed E-state index contributed by atoms with van der Waals surface area (Å²) in [5, 5.41) is 18.1. The minimum Gasteiger partial charge on any atom is -0.510 e. The van der Waals surface area contributed by atoms with Crippen molar-refractivity contribution in [3.05, 3.63) is 57.8 Å². The topological polar surface area (TPSA) is 89.0 Å². The molecular formula is C19H22N4O3. The standard InChI is InChI=1S/C19H22N4O3/c1-12-16(18(26)23(22(12)4)13-8-6-5-7-9-13)20-21-17-14(24)10-19(2,3)11-15(17)25/h5-9,24H,10-11H2,1-4H3. The molecule has 0 radical (unpaired) electrons. The highest BCUT2D eigenvalue weighted by Crippen LogP contribution is 2.36. The maximum Gasteiger partial charge on any atom is 0.299 e. The first-order chi connectivity index (χ1) is 12.2. The molecule has 0 saturated heterocycles. The van der Waals surface area contributed by atoms with E-state index in [2.05, 4.69) is 10.2 Å². The number of aliphatic hydroxyl groups excluding tert-OH is 1. The minimum absolute atomic E-state index is 0.0572. The molecule has 1 aliphatic rings. The van der Waals surface area contributed by atoms with Crippen LogP contribution in [0.25, 0.3) is 5.69 Å². The van der Waals surface area contributed by atoms with Crippen molar-refractivity contribution in [2.24, 2.45) is 22.7 Å². The highest BCUT2D eigenvalue weighted by Gasteiger charge is 2.33. The van der Waals surface area contributed by atoms with Crippen molar-refractivity contribution >= 4 is 11.5 Å². The summed E-state index contributed by atoms with van der Waals surface area (Å²) in [5.74, 6) is -0.341. The van der Waals surface area contributed by atoms with Crippen LogP contribution < -0.4 is 5.56 Å². The Morgan fingerprint density at radius 3 is 2.35 bits per heavy atom. The third-order valence-electron chi connectivity index (χ3n) is 4.60. The first-order valence-corrected chi connectivity index (χ1v) is 8.42. The molecule has 0 amide bonds. The SMILES string of the molecule is Cc1c(N=NC2=C(O)CC(C)(C)CC2=O)c(=O)n(-c2ccccc2)n1C. The van der Waals surface area contributed by atoms with Crippen LogP contribution in [0.2, 0.25) is 0 Å². The van der Waals surface area contributed by atoms with Gasteiger partial charge in [0.2, 0.25) is 0 Å². The molecule has 0 bridgehead atoms. The van der Waals surface area contributed by atoms with Crippen molar-refractivity contribution in [3.8, 4) is 5.69 Å². The average molecular weight is 354 g/mol. The van der Waals surface area contributed by atoms with Crippen LogP contribution in [0.5, 0.6) is 0 Å². The monoisotopic (exact) mass is 354 g/mol. The Labute approximate surface area is 151 Å². The highest BCUT2D eigenvalue weighted by atomic mass is 16.3. The molecule has 0 saturated carbocycles.